The molecule has 3 heteroatoms. The topological polar surface area (TPSA) is 15.3 Å². The molecule has 0 amide bonds. The molecule has 0 radical (unpaired) electrons. The van der Waals surface area contributed by atoms with E-state index in [9.17, 15) is 0 Å². The van der Waals surface area contributed by atoms with Crippen molar-refractivity contribution in [2.75, 3.05) is 26.2 Å². The number of nitrogens with one attached hydrogen (secondary N) is 1. The molecular formula is C14H24N2S. The Kier molecular flexibility index (Phi) is 5.01. The molecule has 0 aliphatic carbocycles. The van der Waals surface area contributed by atoms with Crippen molar-refractivity contribution in [2.45, 2.75) is 33.2 Å². The summed E-state index contributed by atoms with van der Waals surface area (Å²) in [6, 6.07) is 2.29. The van der Waals surface area contributed by atoms with Crippen LogP contribution in [0.2, 0.25) is 0 Å². The summed E-state index contributed by atoms with van der Waals surface area (Å²) >= 11 is 1.92. The Morgan fingerprint density at radius 3 is 3.18 bits per heavy atom. The minimum atomic E-state index is 0.762. The molecule has 1 aliphatic rings. The van der Waals surface area contributed by atoms with Crippen LogP contribution in [0.15, 0.2) is 11.4 Å². The molecule has 1 N–H and O–H groups in total. The van der Waals surface area contributed by atoms with E-state index >= 15 is 0 Å². The third-order valence-corrected chi connectivity index (χ3v) is 4.29. The van der Waals surface area contributed by atoms with E-state index in [0.29, 0.717) is 0 Å². The Morgan fingerprint density at radius 1 is 1.47 bits per heavy atom. The summed E-state index contributed by atoms with van der Waals surface area (Å²) < 4.78 is 0. The van der Waals surface area contributed by atoms with Gasteiger partial charge in [0.05, 0.1) is 0 Å². The molecule has 17 heavy (non-hydrogen) atoms. The van der Waals surface area contributed by atoms with Crippen LogP contribution >= 0.6 is 11.3 Å². The fourth-order valence-electron chi connectivity index (χ4n) is 2.32. The fraction of sp³-hybridized carbons (Fsp3) is 0.714. The molecule has 0 atom stereocenters. The molecule has 0 spiro atoms. The first-order chi connectivity index (χ1) is 8.25. The Hall–Kier alpha value is -0.380. The lowest BCUT2D eigenvalue weighted by Crippen LogP contribution is -2.32. The first-order valence-corrected chi connectivity index (χ1v) is 7.62. The van der Waals surface area contributed by atoms with Crippen molar-refractivity contribution in [3.8, 4) is 0 Å². The van der Waals surface area contributed by atoms with Crippen molar-refractivity contribution >= 4 is 11.3 Å². The smallest absolute Gasteiger partial charge is 0.0244 e. The van der Waals surface area contributed by atoms with Crippen LogP contribution in [0.5, 0.6) is 0 Å². The monoisotopic (exact) mass is 252 g/mol. The zero-order valence-corrected chi connectivity index (χ0v) is 11.9. The molecule has 0 saturated carbocycles. The molecule has 0 aromatic carbocycles. The van der Waals surface area contributed by atoms with Crippen LogP contribution in [0.3, 0.4) is 0 Å². The highest BCUT2D eigenvalue weighted by Crippen LogP contribution is 2.23. The van der Waals surface area contributed by atoms with Gasteiger partial charge in [0.25, 0.3) is 0 Å². The minimum absolute atomic E-state index is 0.762. The van der Waals surface area contributed by atoms with Crippen molar-refractivity contribution in [3.63, 3.8) is 0 Å². The van der Waals surface area contributed by atoms with Gasteiger partial charge in [0.15, 0.2) is 0 Å². The van der Waals surface area contributed by atoms with Crippen molar-refractivity contribution in [1.82, 2.24) is 10.2 Å². The molecule has 0 saturated heterocycles. The van der Waals surface area contributed by atoms with Crippen molar-refractivity contribution in [2.24, 2.45) is 5.92 Å². The number of hydrogen-bond acceptors (Lipinski definition) is 3. The van der Waals surface area contributed by atoms with Gasteiger partial charge in [0.2, 0.25) is 0 Å². The molecule has 0 bridgehead atoms. The largest absolute Gasteiger partial charge is 0.316 e. The third kappa shape index (κ3) is 4.09. The second-order valence-corrected chi connectivity index (χ2v) is 6.35. The van der Waals surface area contributed by atoms with Gasteiger partial charge in [-0.05, 0) is 55.4 Å². The van der Waals surface area contributed by atoms with E-state index in [2.05, 4.69) is 35.5 Å². The van der Waals surface area contributed by atoms with Crippen LogP contribution in [0, 0.1) is 5.92 Å². The van der Waals surface area contributed by atoms with Gasteiger partial charge in [0.1, 0.15) is 0 Å². The summed E-state index contributed by atoms with van der Waals surface area (Å²) in [7, 11) is 0. The molecule has 2 heterocycles. The molecular weight excluding hydrogens is 228 g/mol. The number of fused-ring (bicyclic) bond motifs is 1. The van der Waals surface area contributed by atoms with Crippen LogP contribution in [0.25, 0.3) is 0 Å². The lowest BCUT2D eigenvalue weighted by Gasteiger charge is -2.26. The Morgan fingerprint density at radius 2 is 2.35 bits per heavy atom. The van der Waals surface area contributed by atoms with Gasteiger partial charge in [0, 0.05) is 18.0 Å². The molecule has 1 aromatic heterocycles. The van der Waals surface area contributed by atoms with Gasteiger partial charge in [-0.15, -0.1) is 11.3 Å². The summed E-state index contributed by atoms with van der Waals surface area (Å²) in [5, 5.41) is 5.75. The van der Waals surface area contributed by atoms with Crippen molar-refractivity contribution in [3.05, 3.63) is 21.9 Å². The maximum Gasteiger partial charge on any atom is 0.0244 e. The van der Waals surface area contributed by atoms with Crippen LogP contribution in [-0.4, -0.2) is 31.1 Å². The van der Waals surface area contributed by atoms with Gasteiger partial charge >= 0.3 is 0 Å². The minimum Gasteiger partial charge on any atom is -0.316 e. The summed E-state index contributed by atoms with van der Waals surface area (Å²) in [6.45, 7) is 10.5. The van der Waals surface area contributed by atoms with E-state index in [0.717, 1.165) is 19.0 Å². The molecule has 1 aromatic rings. The average Bonchev–Trinajstić information content (AvgIpc) is 2.75. The summed E-state index contributed by atoms with van der Waals surface area (Å²) in [6.07, 6.45) is 2.53. The second-order valence-electron chi connectivity index (χ2n) is 5.35. The van der Waals surface area contributed by atoms with E-state index in [4.69, 9.17) is 0 Å². The van der Waals surface area contributed by atoms with Crippen LogP contribution < -0.4 is 5.32 Å². The molecule has 2 rings (SSSR count). The summed E-state index contributed by atoms with van der Waals surface area (Å²) in [5.74, 6) is 0.762. The summed E-state index contributed by atoms with van der Waals surface area (Å²) in [4.78, 5) is 4.20. The number of nitrogens with zero attached hydrogens (tertiary/aromatic N) is 1. The van der Waals surface area contributed by atoms with Gasteiger partial charge in [-0.25, -0.2) is 0 Å². The van der Waals surface area contributed by atoms with Crippen LogP contribution in [-0.2, 0) is 13.0 Å². The standard InChI is InChI=1S/C14H24N2S/c1-12(2)10-15-6-3-7-16-8-4-14-13(11-16)5-9-17-14/h5,9,12,15H,3-4,6-8,10-11H2,1-2H3. The van der Waals surface area contributed by atoms with Gasteiger partial charge in [-0.1, -0.05) is 13.8 Å². The predicted octanol–water partition coefficient (Wildman–Crippen LogP) is 2.74. The molecule has 0 unspecified atom stereocenters. The van der Waals surface area contributed by atoms with Crippen LogP contribution in [0.1, 0.15) is 30.7 Å². The van der Waals surface area contributed by atoms with Crippen LogP contribution in [0.4, 0.5) is 0 Å². The number of rotatable bonds is 6. The van der Waals surface area contributed by atoms with E-state index in [1.54, 1.807) is 10.4 Å². The highest BCUT2D eigenvalue weighted by atomic mass is 32.1. The third-order valence-electron chi connectivity index (χ3n) is 3.27. The highest BCUT2D eigenvalue weighted by molar-refractivity contribution is 7.10. The summed E-state index contributed by atoms with van der Waals surface area (Å²) in [5.41, 5.74) is 1.57. The maximum absolute atomic E-state index is 3.51. The average molecular weight is 252 g/mol. The molecule has 1 aliphatic heterocycles. The quantitative estimate of drug-likeness (QED) is 0.783. The van der Waals surface area contributed by atoms with E-state index < -0.39 is 0 Å². The molecule has 2 nitrogen and oxygen atoms in total. The lowest BCUT2D eigenvalue weighted by molar-refractivity contribution is 0.251. The molecule has 96 valence electrons. The number of thiophene rings is 1. The van der Waals surface area contributed by atoms with Crippen molar-refractivity contribution in [1.29, 1.82) is 0 Å². The van der Waals surface area contributed by atoms with Gasteiger partial charge < -0.3 is 5.32 Å². The normalized spacial score (nSPS) is 16.4. The Bertz CT molecular complexity index is 333. The van der Waals surface area contributed by atoms with Crippen molar-refractivity contribution < 1.29 is 0 Å². The lowest BCUT2D eigenvalue weighted by atomic mass is 10.1. The Balaban J connectivity index is 1.62. The number of hydrogen-bond donors (Lipinski definition) is 1. The van der Waals surface area contributed by atoms with E-state index in [1.165, 1.54) is 32.5 Å². The predicted molar refractivity (Wildman–Crippen MR) is 75.6 cm³/mol. The molecule has 0 fully saturated rings. The second kappa shape index (κ2) is 6.53. The maximum atomic E-state index is 3.51. The van der Waals surface area contributed by atoms with E-state index in [1.807, 2.05) is 11.3 Å². The fourth-order valence-corrected chi connectivity index (χ4v) is 3.21. The van der Waals surface area contributed by atoms with E-state index in [-0.39, 0.29) is 0 Å². The Labute approximate surface area is 109 Å². The first-order valence-electron chi connectivity index (χ1n) is 6.74. The highest BCUT2D eigenvalue weighted by Gasteiger charge is 2.16. The van der Waals surface area contributed by atoms with Gasteiger partial charge in [-0.3, -0.25) is 4.90 Å². The first kappa shape index (κ1) is 13.1. The SMILES string of the molecule is CC(C)CNCCCN1CCc2sccc2C1. The zero-order valence-electron chi connectivity index (χ0n) is 11.0. The zero-order chi connectivity index (χ0) is 12.1. The van der Waals surface area contributed by atoms with Gasteiger partial charge in [-0.2, -0.15) is 0 Å².